The molecule has 3 saturated carbocycles. The Labute approximate surface area is 219 Å². The van der Waals surface area contributed by atoms with Crippen molar-refractivity contribution in [2.45, 2.75) is 82.8 Å². The molecule has 0 aliphatic heterocycles. The minimum absolute atomic E-state index is 0.0916. The van der Waals surface area contributed by atoms with E-state index in [0.29, 0.717) is 41.8 Å². The van der Waals surface area contributed by atoms with E-state index in [9.17, 15) is 14.4 Å². The number of thioether (sulfide) groups is 1. The largest absolute Gasteiger partial charge is 0.338 e. The summed E-state index contributed by atoms with van der Waals surface area (Å²) < 4.78 is 0. The molecule has 5 nitrogen and oxygen atoms in total. The number of fused-ring (bicyclic) bond motifs is 5. The number of nitrogens with one attached hydrogen (secondary N) is 2. The fraction of sp³-hybridized carbons (Fsp3) is 0.633. The molecule has 1 aromatic rings. The zero-order valence-corrected chi connectivity index (χ0v) is 22.9. The Balaban J connectivity index is 1.45. The molecule has 2 amide bonds. The molecule has 1 aromatic carbocycles. The van der Waals surface area contributed by atoms with Crippen LogP contribution < -0.4 is 10.6 Å². The van der Waals surface area contributed by atoms with Gasteiger partial charge in [-0.15, -0.1) is 11.8 Å². The van der Waals surface area contributed by atoms with Crippen LogP contribution in [0.1, 0.15) is 72.6 Å². The lowest BCUT2D eigenvalue weighted by molar-refractivity contribution is -0.128. The fourth-order valence-corrected chi connectivity index (χ4v) is 9.86. The van der Waals surface area contributed by atoms with Crippen LogP contribution in [0.25, 0.3) is 0 Å². The van der Waals surface area contributed by atoms with Crippen LogP contribution in [0.5, 0.6) is 0 Å². The van der Waals surface area contributed by atoms with Gasteiger partial charge in [0.05, 0.1) is 0 Å². The molecule has 4 aliphatic carbocycles. The van der Waals surface area contributed by atoms with Gasteiger partial charge in [0.25, 0.3) is 0 Å². The van der Waals surface area contributed by atoms with E-state index in [0.717, 1.165) is 44.2 Å². The van der Waals surface area contributed by atoms with E-state index in [1.54, 1.807) is 6.92 Å². The first-order valence-corrected chi connectivity index (χ1v) is 14.6. The number of ketones is 2. The van der Waals surface area contributed by atoms with E-state index >= 15 is 0 Å². The summed E-state index contributed by atoms with van der Waals surface area (Å²) in [6.07, 6.45) is 9.00. The molecule has 4 aliphatic rings. The summed E-state index contributed by atoms with van der Waals surface area (Å²) >= 11 is 1.94. The standard InChI is InChI=1S/C30H40N2O3S/c1-5-31-28(35)32-20-6-8-22(9-7-20)36-26-17-19-16-21(34)12-14-29(19,3)25-13-15-30(4)23(18(2)33)10-11-24(30)27(25)26/h6-9,16,23-27H,5,10-15,17H2,1-4H3,(H2,31,32,35)/t23?,24?,25?,26-,27?,29+,30-/m1/s1. The predicted octanol–water partition coefficient (Wildman–Crippen LogP) is 6.64. The molecule has 0 heterocycles. The van der Waals surface area contributed by atoms with Crippen molar-refractivity contribution in [3.05, 3.63) is 35.9 Å². The van der Waals surface area contributed by atoms with E-state index in [4.69, 9.17) is 0 Å². The van der Waals surface area contributed by atoms with Gasteiger partial charge in [0.1, 0.15) is 5.78 Å². The van der Waals surface area contributed by atoms with Crippen molar-refractivity contribution in [3.63, 3.8) is 0 Å². The number of allylic oxidation sites excluding steroid dienone is 1. The highest BCUT2D eigenvalue weighted by Gasteiger charge is 2.62. The zero-order valence-electron chi connectivity index (χ0n) is 22.1. The van der Waals surface area contributed by atoms with Gasteiger partial charge in [-0.25, -0.2) is 4.79 Å². The first kappa shape index (κ1) is 25.6. The first-order chi connectivity index (χ1) is 17.2. The molecule has 7 atom stereocenters. The van der Waals surface area contributed by atoms with E-state index < -0.39 is 0 Å². The number of urea groups is 1. The SMILES string of the molecule is CCNC(=O)Nc1ccc(S[C@@H]2CC3=CC(=O)CC[C@]3(C)C3CC[C@]4(C)C(C(C)=O)CCC4C32)cc1. The highest BCUT2D eigenvalue weighted by Crippen LogP contribution is 2.68. The first-order valence-electron chi connectivity index (χ1n) is 13.7. The average Bonchev–Trinajstić information content (AvgIpc) is 3.19. The molecule has 5 rings (SSSR count). The molecule has 36 heavy (non-hydrogen) atoms. The smallest absolute Gasteiger partial charge is 0.319 e. The molecule has 6 heteroatoms. The maximum Gasteiger partial charge on any atom is 0.319 e. The number of hydrogen-bond acceptors (Lipinski definition) is 4. The lowest BCUT2D eigenvalue weighted by Crippen LogP contribution is -2.55. The molecular formula is C30H40N2O3S. The molecule has 0 spiro atoms. The van der Waals surface area contributed by atoms with Crippen LogP contribution in [0.4, 0.5) is 10.5 Å². The van der Waals surface area contributed by atoms with E-state index in [-0.39, 0.29) is 28.6 Å². The van der Waals surface area contributed by atoms with Crippen molar-refractivity contribution >= 4 is 35.0 Å². The molecule has 2 N–H and O–H groups in total. The number of benzene rings is 1. The summed E-state index contributed by atoms with van der Waals surface area (Å²) in [5.41, 5.74) is 2.34. The third-order valence-corrected chi connectivity index (χ3v) is 11.5. The fourth-order valence-electron chi connectivity index (χ4n) is 8.42. The minimum Gasteiger partial charge on any atom is -0.338 e. The van der Waals surface area contributed by atoms with Gasteiger partial charge in [-0.05, 0) is 111 Å². The maximum absolute atomic E-state index is 12.6. The lowest BCUT2D eigenvalue weighted by atomic mass is 9.46. The zero-order chi connectivity index (χ0) is 25.7. The van der Waals surface area contributed by atoms with Gasteiger partial charge >= 0.3 is 6.03 Å². The maximum atomic E-state index is 12.6. The van der Waals surface area contributed by atoms with Crippen LogP contribution in [-0.4, -0.2) is 29.4 Å². The van der Waals surface area contributed by atoms with E-state index in [1.165, 1.54) is 10.5 Å². The second-order valence-electron chi connectivity index (χ2n) is 12.0. The van der Waals surface area contributed by atoms with Crippen molar-refractivity contribution in [2.24, 2.45) is 34.5 Å². The van der Waals surface area contributed by atoms with Crippen LogP contribution in [0, 0.1) is 34.5 Å². The van der Waals surface area contributed by atoms with Crippen molar-refractivity contribution < 1.29 is 14.4 Å². The Morgan fingerprint density at radius 2 is 1.81 bits per heavy atom. The monoisotopic (exact) mass is 508 g/mol. The van der Waals surface area contributed by atoms with Crippen LogP contribution >= 0.6 is 11.8 Å². The molecule has 4 unspecified atom stereocenters. The lowest BCUT2D eigenvalue weighted by Gasteiger charge is -2.60. The van der Waals surface area contributed by atoms with Crippen molar-refractivity contribution in [1.29, 1.82) is 0 Å². The number of carbonyl (C=O) groups excluding carboxylic acids is 3. The quantitative estimate of drug-likeness (QED) is 0.468. The summed E-state index contributed by atoms with van der Waals surface area (Å²) in [7, 11) is 0. The summed E-state index contributed by atoms with van der Waals surface area (Å²) in [5, 5.41) is 6.03. The van der Waals surface area contributed by atoms with Crippen molar-refractivity contribution in [1.82, 2.24) is 5.32 Å². The van der Waals surface area contributed by atoms with Gasteiger partial charge in [0.15, 0.2) is 5.78 Å². The average molecular weight is 509 g/mol. The number of hydrogen-bond donors (Lipinski definition) is 2. The van der Waals surface area contributed by atoms with Crippen LogP contribution in [-0.2, 0) is 9.59 Å². The molecular weight excluding hydrogens is 468 g/mol. The van der Waals surface area contributed by atoms with Gasteiger partial charge in [-0.1, -0.05) is 19.4 Å². The Hall–Kier alpha value is -2.08. The Morgan fingerprint density at radius 3 is 2.50 bits per heavy atom. The molecule has 0 saturated heterocycles. The van der Waals surface area contributed by atoms with Gasteiger partial charge in [0.2, 0.25) is 0 Å². The second kappa shape index (κ2) is 9.66. The summed E-state index contributed by atoms with van der Waals surface area (Å²) in [6, 6.07) is 7.95. The molecule has 0 bridgehead atoms. The van der Waals surface area contributed by atoms with Crippen LogP contribution in [0.2, 0.25) is 0 Å². The molecule has 3 fully saturated rings. The van der Waals surface area contributed by atoms with Gasteiger partial charge in [0, 0.05) is 34.7 Å². The van der Waals surface area contributed by atoms with E-state index in [1.807, 2.05) is 36.9 Å². The second-order valence-corrected chi connectivity index (χ2v) is 13.3. The van der Waals surface area contributed by atoms with Crippen molar-refractivity contribution in [3.8, 4) is 0 Å². The minimum atomic E-state index is -0.191. The van der Waals surface area contributed by atoms with Crippen molar-refractivity contribution in [2.75, 3.05) is 11.9 Å². The molecule has 0 radical (unpaired) electrons. The summed E-state index contributed by atoms with van der Waals surface area (Å²) in [5.74, 6) is 2.49. The number of carbonyl (C=O) groups is 3. The molecule has 194 valence electrons. The third kappa shape index (κ3) is 4.33. The number of rotatable bonds is 5. The number of anilines is 1. The third-order valence-electron chi connectivity index (χ3n) is 10.2. The Morgan fingerprint density at radius 1 is 1.06 bits per heavy atom. The summed E-state index contributed by atoms with van der Waals surface area (Å²) in [4.78, 5) is 38.2. The highest BCUT2D eigenvalue weighted by molar-refractivity contribution is 8.00. The highest BCUT2D eigenvalue weighted by atomic mass is 32.2. The Bertz CT molecular complexity index is 1080. The topological polar surface area (TPSA) is 75.3 Å². The van der Waals surface area contributed by atoms with Crippen LogP contribution in [0.15, 0.2) is 40.8 Å². The van der Waals surface area contributed by atoms with Gasteiger partial charge < -0.3 is 10.6 Å². The van der Waals surface area contributed by atoms with Gasteiger partial charge in [-0.2, -0.15) is 0 Å². The normalized spacial score (nSPS) is 37.3. The summed E-state index contributed by atoms with van der Waals surface area (Å²) in [6.45, 7) is 9.10. The Kier molecular flexibility index (Phi) is 6.86. The number of Topliss-reactive ketones (excluding diaryl/α,β-unsaturated/α-hetero) is 1. The predicted molar refractivity (Wildman–Crippen MR) is 145 cm³/mol. The van der Waals surface area contributed by atoms with E-state index in [2.05, 4.69) is 36.6 Å². The van der Waals surface area contributed by atoms with Gasteiger partial charge in [-0.3, -0.25) is 9.59 Å². The molecule has 0 aromatic heterocycles. The van der Waals surface area contributed by atoms with Crippen LogP contribution in [0.3, 0.4) is 0 Å². The number of amides is 2.